The van der Waals surface area contributed by atoms with Crippen molar-refractivity contribution in [2.45, 2.75) is 12.3 Å². The number of thiophene rings is 1. The van der Waals surface area contributed by atoms with Gasteiger partial charge in [0.05, 0.1) is 5.75 Å². The van der Waals surface area contributed by atoms with Crippen LogP contribution in [-0.4, -0.2) is 14.7 Å². The van der Waals surface area contributed by atoms with E-state index in [4.69, 9.17) is 0 Å². The van der Waals surface area contributed by atoms with Crippen molar-refractivity contribution in [3.8, 4) is 0 Å². The second kappa shape index (κ2) is 5.54. The minimum Gasteiger partial charge on any atom is -0.381 e. The van der Waals surface area contributed by atoms with E-state index in [0.717, 1.165) is 11.3 Å². The fourth-order valence-electron chi connectivity index (χ4n) is 1.69. The Morgan fingerprint density at radius 3 is 2.67 bits per heavy atom. The molecule has 1 heterocycles. The SMILES string of the molecule is CS(=O)(=O)Cc1ccccc1NCc1ccsc1. The fraction of sp³-hybridized carbons (Fsp3) is 0.231. The standard InChI is InChI=1S/C13H15NO2S2/c1-18(15,16)10-12-4-2-3-5-13(12)14-8-11-6-7-17-9-11/h2-7,9,14H,8,10H2,1H3. The van der Waals surface area contributed by atoms with Crippen molar-refractivity contribution in [3.63, 3.8) is 0 Å². The van der Waals surface area contributed by atoms with Gasteiger partial charge in [0.2, 0.25) is 0 Å². The molecular weight excluding hydrogens is 266 g/mol. The Balaban J connectivity index is 2.12. The molecule has 0 fully saturated rings. The number of nitrogens with one attached hydrogen (secondary N) is 1. The summed E-state index contributed by atoms with van der Waals surface area (Å²) in [6.07, 6.45) is 1.25. The van der Waals surface area contributed by atoms with Gasteiger partial charge >= 0.3 is 0 Å². The Morgan fingerprint density at radius 1 is 1.22 bits per heavy atom. The first-order valence-corrected chi connectivity index (χ1v) is 8.55. The first kappa shape index (κ1) is 13.1. The van der Waals surface area contributed by atoms with Gasteiger partial charge in [0.15, 0.2) is 9.84 Å². The largest absolute Gasteiger partial charge is 0.381 e. The highest BCUT2D eigenvalue weighted by Crippen LogP contribution is 2.19. The summed E-state index contributed by atoms with van der Waals surface area (Å²) in [5, 5.41) is 7.38. The molecule has 18 heavy (non-hydrogen) atoms. The van der Waals surface area contributed by atoms with Crippen molar-refractivity contribution >= 4 is 26.9 Å². The van der Waals surface area contributed by atoms with Gasteiger partial charge in [-0.2, -0.15) is 11.3 Å². The number of para-hydroxylation sites is 1. The van der Waals surface area contributed by atoms with E-state index in [0.29, 0.717) is 6.54 Å². The van der Waals surface area contributed by atoms with Gasteiger partial charge in [0.1, 0.15) is 0 Å². The third-order valence-electron chi connectivity index (χ3n) is 2.50. The average molecular weight is 281 g/mol. The van der Waals surface area contributed by atoms with Gasteiger partial charge in [-0.05, 0) is 34.0 Å². The maximum atomic E-state index is 11.4. The first-order valence-electron chi connectivity index (χ1n) is 5.55. The van der Waals surface area contributed by atoms with E-state index in [2.05, 4.69) is 16.8 Å². The summed E-state index contributed by atoms with van der Waals surface area (Å²) in [5.41, 5.74) is 2.90. The lowest BCUT2D eigenvalue weighted by atomic mass is 10.2. The summed E-state index contributed by atoms with van der Waals surface area (Å²) >= 11 is 1.65. The van der Waals surface area contributed by atoms with Crippen LogP contribution in [-0.2, 0) is 22.1 Å². The molecule has 0 spiro atoms. The Morgan fingerprint density at radius 2 is 2.00 bits per heavy atom. The van der Waals surface area contributed by atoms with Crippen LogP contribution in [0.15, 0.2) is 41.1 Å². The number of hydrogen-bond acceptors (Lipinski definition) is 4. The van der Waals surface area contributed by atoms with Gasteiger partial charge in [-0.1, -0.05) is 18.2 Å². The van der Waals surface area contributed by atoms with E-state index in [1.54, 1.807) is 11.3 Å². The molecule has 0 aliphatic rings. The van der Waals surface area contributed by atoms with Crippen molar-refractivity contribution in [2.75, 3.05) is 11.6 Å². The third-order valence-corrected chi connectivity index (χ3v) is 4.07. The molecule has 0 amide bonds. The van der Waals surface area contributed by atoms with Crippen molar-refractivity contribution in [3.05, 3.63) is 52.2 Å². The Hall–Kier alpha value is -1.33. The molecule has 0 unspecified atom stereocenters. The zero-order chi connectivity index (χ0) is 13.0. The summed E-state index contributed by atoms with van der Waals surface area (Å²) in [6, 6.07) is 9.57. The molecule has 0 aliphatic heterocycles. The molecule has 0 bridgehead atoms. The topological polar surface area (TPSA) is 46.2 Å². The molecule has 1 aromatic carbocycles. The Kier molecular flexibility index (Phi) is 4.04. The van der Waals surface area contributed by atoms with Crippen LogP contribution in [0.4, 0.5) is 5.69 Å². The molecule has 0 radical (unpaired) electrons. The number of sulfone groups is 1. The highest BCUT2D eigenvalue weighted by molar-refractivity contribution is 7.89. The lowest BCUT2D eigenvalue weighted by Crippen LogP contribution is -2.06. The zero-order valence-corrected chi connectivity index (χ0v) is 11.7. The number of hydrogen-bond donors (Lipinski definition) is 1. The van der Waals surface area contributed by atoms with Gasteiger partial charge in [-0.15, -0.1) is 0 Å². The van der Waals surface area contributed by atoms with Crippen molar-refractivity contribution in [2.24, 2.45) is 0 Å². The zero-order valence-electron chi connectivity index (χ0n) is 10.1. The van der Waals surface area contributed by atoms with Crippen molar-refractivity contribution < 1.29 is 8.42 Å². The molecule has 0 atom stereocenters. The van der Waals surface area contributed by atoms with Gasteiger partial charge in [0, 0.05) is 18.5 Å². The van der Waals surface area contributed by atoms with Crippen LogP contribution < -0.4 is 5.32 Å². The molecule has 2 aromatic rings. The maximum absolute atomic E-state index is 11.4. The Labute approximate surface area is 111 Å². The lowest BCUT2D eigenvalue weighted by molar-refractivity contribution is 0.601. The molecular formula is C13H15NO2S2. The van der Waals surface area contributed by atoms with E-state index < -0.39 is 9.84 Å². The molecule has 0 saturated heterocycles. The van der Waals surface area contributed by atoms with E-state index in [-0.39, 0.29) is 5.75 Å². The third kappa shape index (κ3) is 3.85. The minimum atomic E-state index is -3.01. The maximum Gasteiger partial charge on any atom is 0.151 e. The quantitative estimate of drug-likeness (QED) is 0.916. The number of rotatable bonds is 5. The van der Waals surface area contributed by atoms with E-state index in [1.165, 1.54) is 11.8 Å². The molecule has 3 nitrogen and oxygen atoms in total. The van der Waals surface area contributed by atoms with Crippen LogP contribution in [0.3, 0.4) is 0 Å². The smallest absolute Gasteiger partial charge is 0.151 e. The highest BCUT2D eigenvalue weighted by atomic mass is 32.2. The monoisotopic (exact) mass is 281 g/mol. The summed E-state index contributed by atoms with van der Waals surface area (Å²) in [5.74, 6) is 0.0693. The molecule has 2 rings (SSSR count). The van der Waals surface area contributed by atoms with Crippen LogP contribution in [0.5, 0.6) is 0 Å². The van der Waals surface area contributed by atoms with Crippen LogP contribution >= 0.6 is 11.3 Å². The van der Waals surface area contributed by atoms with E-state index in [9.17, 15) is 8.42 Å². The highest BCUT2D eigenvalue weighted by Gasteiger charge is 2.08. The predicted molar refractivity (Wildman–Crippen MR) is 76.6 cm³/mol. The number of anilines is 1. The molecule has 0 saturated carbocycles. The summed E-state index contributed by atoms with van der Waals surface area (Å²) < 4.78 is 22.7. The average Bonchev–Trinajstić information content (AvgIpc) is 2.79. The predicted octanol–water partition coefficient (Wildman–Crippen LogP) is 2.90. The van der Waals surface area contributed by atoms with Gasteiger partial charge < -0.3 is 5.32 Å². The van der Waals surface area contributed by atoms with Crippen LogP contribution in [0.1, 0.15) is 11.1 Å². The normalized spacial score (nSPS) is 11.4. The fourth-order valence-corrected chi connectivity index (χ4v) is 3.18. The summed E-state index contributed by atoms with van der Waals surface area (Å²) in [6.45, 7) is 0.713. The summed E-state index contributed by atoms with van der Waals surface area (Å²) in [4.78, 5) is 0. The molecule has 1 N–H and O–H groups in total. The van der Waals surface area contributed by atoms with Crippen LogP contribution in [0.25, 0.3) is 0 Å². The lowest BCUT2D eigenvalue weighted by Gasteiger charge is -2.10. The van der Waals surface area contributed by atoms with E-state index >= 15 is 0 Å². The van der Waals surface area contributed by atoms with Crippen LogP contribution in [0, 0.1) is 0 Å². The van der Waals surface area contributed by atoms with Gasteiger partial charge in [-0.25, -0.2) is 8.42 Å². The minimum absolute atomic E-state index is 0.0693. The van der Waals surface area contributed by atoms with E-state index in [1.807, 2.05) is 29.6 Å². The molecule has 5 heteroatoms. The molecule has 0 aliphatic carbocycles. The van der Waals surface area contributed by atoms with Crippen molar-refractivity contribution in [1.82, 2.24) is 0 Å². The van der Waals surface area contributed by atoms with Gasteiger partial charge in [0.25, 0.3) is 0 Å². The molecule has 1 aromatic heterocycles. The second-order valence-electron chi connectivity index (χ2n) is 4.21. The second-order valence-corrected chi connectivity index (χ2v) is 7.13. The summed E-state index contributed by atoms with van der Waals surface area (Å²) in [7, 11) is -3.01. The Bertz CT molecular complexity index is 604. The first-order chi connectivity index (χ1) is 8.54. The molecule has 96 valence electrons. The number of benzene rings is 1. The van der Waals surface area contributed by atoms with Crippen LogP contribution in [0.2, 0.25) is 0 Å². The van der Waals surface area contributed by atoms with Gasteiger partial charge in [-0.3, -0.25) is 0 Å². The van der Waals surface area contributed by atoms with Crippen molar-refractivity contribution in [1.29, 1.82) is 0 Å².